The Kier molecular flexibility index (Phi) is 6.44. The van der Waals surface area contributed by atoms with Gasteiger partial charge < -0.3 is 9.47 Å². The molecular weight excluding hydrogens is 346 g/mol. The van der Waals surface area contributed by atoms with Gasteiger partial charge >= 0.3 is 0 Å². The SMILES string of the molecule is Fc1ccc(C2CCC(C3CCC(CCC4OCCO4)CC3)CC2)cc1F. The van der Waals surface area contributed by atoms with Crippen LogP contribution in [0.3, 0.4) is 0 Å². The van der Waals surface area contributed by atoms with E-state index in [1.165, 1.54) is 57.1 Å². The molecule has 3 aliphatic rings. The molecule has 2 saturated carbocycles. The number of hydrogen-bond acceptors (Lipinski definition) is 2. The number of rotatable bonds is 5. The average molecular weight is 379 g/mol. The third-order valence-corrected chi connectivity index (χ3v) is 7.25. The first-order valence-electron chi connectivity index (χ1n) is 10.9. The second-order valence-corrected chi connectivity index (χ2v) is 8.81. The van der Waals surface area contributed by atoms with Crippen LogP contribution in [-0.4, -0.2) is 19.5 Å². The third-order valence-electron chi connectivity index (χ3n) is 7.25. The largest absolute Gasteiger partial charge is 0.350 e. The van der Waals surface area contributed by atoms with Crippen LogP contribution >= 0.6 is 0 Å². The smallest absolute Gasteiger partial charge is 0.159 e. The predicted octanol–water partition coefficient (Wildman–Crippen LogP) is 6.20. The molecule has 0 bridgehead atoms. The highest BCUT2D eigenvalue weighted by Gasteiger charge is 2.31. The molecule has 0 spiro atoms. The molecule has 150 valence electrons. The molecule has 0 unspecified atom stereocenters. The van der Waals surface area contributed by atoms with Gasteiger partial charge in [-0.25, -0.2) is 8.78 Å². The first-order chi connectivity index (χ1) is 13.2. The van der Waals surface area contributed by atoms with E-state index in [4.69, 9.17) is 9.47 Å². The van der Waals surface area contributed by atoms with Gasteiger partial charge in [-0.2, -0.15) is 0 Å². The van der Waals surface area contributed by atoms with Crippen LogP contribution in [0.25, 0.3) is 0 Å². The molecule has 1 saturated heterocycles. The molecule has 3 fully saturated rings. The number of hydrogen-bond donors (Lipinski definition) is 0. The van der Waals surface area contributed by atoms with Crippen LogP contribution in [-0.2, 0) is 9.47 Å². The lowest BCUT2D eigenvalue weighted by Crippen LogP contribution is -2.26. The molecule has 1 heterocycles. The van der Waals surface area contributed by atoms with E-state index in [1.807, 2.05) is 0 Å². The van der Waals surface area contributed by atoms with Crippen molar-refractivity contribution in [3.05, 3.63) is 35.4 Å². The van der Waals surface area contributed by atoms with Crippen LogP contribution in [0.5, 0.6) is 0 Å². The Hall–Kier alpha value is -1.00. The molecule has 1 aromatic rings. The van der Waals surface area contributed by atoms with Crippen molar-refractivity contribution in [3.63, 3.8) is 0 Å². The van der Waals surface area contributed by atoms with Crippen molar-refractivity contribution in [1.29, 1.82) is 0 Å². The summed E-state index contributed by atoms with van der Waals surface area (Å²) in [7, 11) is 0. The van der Waals surface area contributed by atoms with E-state index in [0.29, 0.717) is 5.92 Å². The fourth-order valence-electron chi connectivity index (χ4n) is 5.58. The minimum absolute atomic E-state index is 0.0503. The molecular formula is C23H32F2O2. The van der Waals surface area contributed by atoms with Crippen molar-refractivity contribution in [2.75, 3.05) is 13.2 Å². The van der Waals surface area contributed by atoms with E-state index in [2.05, 4.69) is 0 Å². The van der Waals surface area contributed by atoms with E-state index in [-0.39, 0.29) is 6.29 Å². The summed E-state index contributed by atoms with van der Waals surface area (Å²) in [6.45, 7) is 1.51. The maximum Gasteiger partial charge on any atom is 0.159 e. The molecule has 0 amide bonds. The van der Waals surface area contributed by atoms with Crippen molar-refractivity contribution >= 4 is 0 Å². The van der Waals surface area contributed by atoms with Gasteiger partial charge in [-0.3, -0.25) is 0 Å². The Morgan fingerprint density at radius 2 is 1.37 bits per heavy atom. The molecule has 1 aliphatic heterocycles. The van der Waals surface area contributed by atoms with Gasteiger partial charge in [-0.15, -0.1) is 0 Å². The topological polar surface area (TPSA) is 18.5 Å². The maximum atomic E-state index is 13.5. The van der Waals surface area contributed by atoms with Crippen LogP contribution in [0.1, 0.15) is 75.7 Å². The molecule has 0 radical (unpaired) electrons. The lowest BCUT2D eigenvalue weighted by molar-refractivity contribution is -0.0514. The average Bonchev–Trinajstić information content (AvgIpc) is 3.23. The minimum atomic E-state index is -0.741. The first kappa shape index (κ1) is 19.3. The zero-order valence-corrected chi connectivity index (χ0v) is 16.2. The summed E-state index contributed by atoms with van der Waals surface area (Å²) < 4.78 is 37.8. The van der Waals surface area contributed by atoms with Crippen molar-refractivity contribution < 1.29 is 18.3 Å². The van der Waals surface area contributed by atoms with Crippen LogP contribution in [0.4, 0.5) is 8.78 Å². The molecule has 4 rings (SSSR count). The number of ether oxygens (including phenoxy) is 2. The zero-order valence-electron chi connectivity index (χ0n) is 16.2. The van der Waals surface area contributed by atoms with E-state index >= 15 is 0 Å². The van der Waals surface area contributed by atoms with E-state index < -0.39 is 11.6 Å². The van der Waals surface area contributed by atoms with Crippen molar-refractivity contribution in [3.8, 4) is 0 Å². The van der Waals surface area contributed by atoms with Gasteiger partial charge in [0.2, 0.25) is 0 Å². The molecule has 0 atom stereocenters. The maximum absolute atomic E-state index is 13.5. The van der Waals surface area contributed by atoms with Crippen LogP contribution in [0.2, 0.25) is 0 Å². The second-order valence-electron chi connectivity index (χ2n) is 8.81. The second kappa shape index (κ2) is 9.00. The fourth-order valence-corrected chi connectivity index (χ4v) is 5.58. The Morgan fingerprint density at radius 3 is 2.00 bits per heavy atom. The Bertz CT molecular complexity index is 598. The summed E-state index contributed by atoms with van der Waals surface area (Å²) >= 11 is 0. The predicted molar refractivity (Wildman–Crippen MR) is 101 cm³/mol. The normalized spacial score (nSPS) is 32.7. The summed E-state index contributed by atoms with van der Waals surface area (Å²) in [6.07, 6.45) is 12.5. The quantitative estimate of drug-likeness (QED) is 0.607. The number of halogens is 2. The Balaban J connectivity index is 1.19. The monoisotopic (exact) mass is 378 g/mol. The first-order valence-corrected chi connectivity index (χ1v) is 10.9. The molecule has 2 nitrogen and oxygen atoms in total. The van der Waals surface area contributed by atoms with Gasteiger partial charge in [0.25, 0.3) is 0 Å². The van der Waals surface area contributed by atoms with E-state index in [1.54, 1.807) is 6.07 Å². The lowest BCUT2D eigenvalue weighted by atomic mass is 9.68. The van der Waals surface area contributed by atoms with E-state index in [9.17, 15) is 8.78 Å². The van der Waals surface area contributed by atoms with Crippen molar-refractivity contribution in [2.45, 2.75) is 76.4 Å². The number of benzene rings is 1. The molecule has 2 aliphatic carbocycles. The Labute approximate surface area is 161 Å². The van der Waals surface area contributed by atoms with Crippen LogP contribution in [0.15, 0.2) is 18.2 Å². The lowest BCUT2D eigenvalue weighted by Gasteiger charge is -2.38. The summed E-state index contributed by atoms with van der Waals surface area (Å²) in [5, 5.41) is 0. The molecule has 0 aromatic heterocycles. The van der Waals surface area contributed by atoms with Crippen molar-refractivity contribution in [1.82, 2.24) is 0 Å². The molecule has 27 heavy (non-hydrogen) atoms. The summed E-state index contributed by atoms with van der Waals surface area (Å²) in [4.78, 5) is 0. The van der Waals surface area contributed by atoms with Gasteiger partial charge in [0.1, 0.15) is 0 Å². The summed E-state index contributed by atoms with van der Waals surface area (Å²) in [5.74, 6) is 1.49. The van der Waals surface area contributed by atoms with Crippen molar-refractivity contribution in [2.24, 2.45) is 17.8 Å². The van der Waals surface area contributed by atoms with Gasteiger partial charge in [0.05, 0.1) is 13.2 Å². The molecule has 1 aromatic carbocycles. The standard InChI is InChI=1S/C23H32F2O2/c24-21-11-10-20(15-22(21)25)19-8-6-18(7-9-19)17-4-1-16(2-5-17)3-12-23-26-13-14-27-23/h10-11,15-19,23H,1-9,12-14H2. The van der Waals surface area contributed by atoms with E-state index in [0.717, 1.165) is 55.8 Å². The summed E-state index contributed by atoms with van der Waals surface area (Å²) in [6, 6.07) is 4.45. The zero-order chi connectivity index (χ0) is 18.6. The highest BCUT2D eigenvalue weighted by atomic mass is 19.2. The Morgan fingerprint density at radius 1 is 0.741 bits per heavy atom. The van der Waals surface area contributed by atoms with Crippen LogP contribution in [0, 0.1) is 29.4 Å². The van der Waals surface area contributed by atoms with Gasteiger partial charge in [0.15, 0.2) is 17.9 Å². The van der Waals surface area contributed by atoms with Gasteiger partial charge in [0, 0.05) is 0 Å². The highest BCUT2D eigenvalue weighted by Crippen LogP contribution is 2.44. The molecule has 0 N–H and O–H groups in total. The minimum Gasteiger partial charge on any atom is -0.350 e. The third kappa shape index (κ3) is 4.89. The van der Waals surface area contributed by atoms with Crippen LogP contribution < -0.4 is 0 Å². The highest BCUT2D eigenvalue weighted by molar-refractivity contribution is 5.22. The summed E-state index contributed by atoms with van der Waals surface area (Å²) in [5.41, 5.74) is 0.979. The fraction of sp³-hybridized carbons (Fsp3) is 0.739. The van der Waals surface area contributed by atoms with Gasteiger partial charge in [-0.05, 0) is 92.7 Å². The van der Waals surface area contributed by atoms with Gasteiger partial charge in [-0.1, -0.05) is 18.9 Å². The molecule has 4 heteroatoms.